The van der Waals surface area contributed by atoms with Crippen LogP contribution in [-0.2, 0) is 0 Å². The minimum Gasteiger partial charge on any atom is -0.321 e. The molecule has 0 radical (unpaired) electrons. The smallest absolute Gasteiger partial charge is 0.266 e. The van der Waals surface area contributed by atoms with Gasteiger partial charge in [0.05, 0.1) is 5.69 Å². The fraction of sp³-hybridized carbons (Fsp3) is 0.0526. The zero-order valence-electron chi connectivity index (χ0n) is 12.4. The number of benzene rings is 2. The van der Waals surface area contributed by atoms with Crippen molar-refractivity contribution >= 4 is 11.6 Å². The zero-order valence-corrected chi connectivity index (χ0v) is 13.2. The van der Waals surface area contributed by atoms with E-state index in [0.717, 1.165) is 16.7 Å². The molecular weight excluding hydrogens is 308 g/mol. The lowest BCUT2D eigenvalue weighted by atomic mass is 9.98. The third kappa shape index (κ3) is 2.90. The highest BCUT2D eigenvalue weighted by molar-refractivity contribution is 6.33. The first kappa shape index (κ1) is 15.1. The molecule has 0 aliphatic heterocycles. The second kappa shape index (κ2) is 6.12. The molecule has 3 rings (SSSR count). The van der Waals surface area contributed by atoms with Gasteiger partial charge in [0.15, 0.2) is 0 Å². The minimum absolute atomic E-state index is 0.102. The summed E-state index contributed by atoms with van der Waals surface area (Å²) >= 11 is 6.22. The second-order valence-corrected chi connectivity index (χ2v) is 5.67. The van der Waals surface area contributed by atoms with Gasteiger partial charge in [-0.25, -0.2) is 0 Å². The fourth-order valence-corrected chi connectivity index (χ4v) is 2.69. The van der Waals surface area contributed by atoms with Crippen LogP contribution in [0.5, 0.6) is 0 Å². The van der Waals surface area contributed by atoms with Gasteiger partial charge in [0.25, 0.3) is 5.56 Å². The van der Waals surface area contributed by atoms with Crippen molar-refractivity contribution in [3.05, 3.63) is 81.1 Å². The maximum absolute atomic E-state index is 12.3. The lowest BCUT2D eigenvalue weighted by Crippen LogP contribution is -2.12. The molecule has 0 amide bonds. The summed E-state index contributed by atoms with van der Waals surface area (Å²) in [6, 6.07) is 18.8. The Bertz CT molecular complexity index is 966. The number of hydrogen-bond acceptors (Lipinski definition) is 2. The van der Waals surface area contributed by atoms with Crippen LogP contribution in [0, 0.1) is 18.3 Å². The van der Waals surface area contributed by atoms with E-state index in [1.807, 2.05) is 55.5 Å². The lowest BCUT2D eigenvalue weighted by Gasteiger charge is -2.09. The van der Waals surface area contributed by atoms with E-state index in [1.54, 1.807) is 12.1 Å². The topological polar surface area (TPSA) is 56.6 Å². The molecule has 2 aromatic carbocycles. The Morgan fingerprint density at radius 3 is 2.39 bits per heavy atom. The van der Waals surface area contributed by atoms with Crippen LogP contribution in [0.2, 0.25) is 5.02 Å². The van der Waals surface area contributed by atoms with E-state index in [2.05, 4.69) is 4.98 Å². The number of aromatic nitrogens is 1. The van der Waals surface area contributed by atoms with Crippen LogP contribution in [0.3, 0.4) is 0 Å². The predicted molar refractivity (Wildman–Crippen MR) is 92.4 cm³/mol. The highest BCUT2D eigenvalue weighted by Gasteiger charge is 2.13. The highest BCUT2D eigenvalue weighted by atomic mass is 35.5. The Morgan fingerprint density at radius 1 is 1.04 bits per heavy atom. The summed E-state index contributed by atoms with van der Waals surface area (Å²) in [5.41, 5.74) is 3.55. The van der Waals surface area contributed by atoms with Gasteiger partial charge in [0, 0.05) is 16.1 Å². The molecule has 1 N–H and O–H groups in total. The van der Waals surface area contributed by atoms with Crippen LogP contribution in [0.25, 0.3) is 22.4 Å². The maximum atomic E-state index is 12.3. The highest BCUT2D eigenvalue weighted by Crippen LogP contribution is 2.30. The maximum Gasteiger partial charge on any atom is 0.266 e. The van der Waals surface area contributed by atoms with Gasteiger partial charge >= 0.3 is 0 Å². The third-order valence-electron chi connectivity index (χ3n) is 3.67. The first-order chi connectivity index (χ1) is 11.1. The number of halogens is 1. The van der Waals surface area contributed by atoms with E-state index in [1.165, 1.54) is 0 Å². The predicted octanol–water partition coefficient (Wildman–Crippen LogP) is 4.54. The molecule has 23 heavy (non-hydrogen) atoms. The molecule has 0 saturated heterocycles. The summed E-state index contributed by atoms with van der Waals surface area (Å²) in [6.07, 6.45) is 0. The van der Waals surface area contributed by atoms with E-state index in [-0.39, 0.29) is 5.56 Å². The van der Waals surface area contributed by atoms with Crippen molar-refractivity contribution in [2.75, 3.05) is 0 Å². The van der Waals surface area contributed by atoms with Crippen molar-refractivity contribution in [3.63, 3.8) is 0 Å². The Morgan fingerprint density at radius 2 is 1.74 bits per heavy atom. The second-order valence-electron chi connectivity index (χ2n) is 5.26. The van der Waals surface area contributed by atoms with Crippen LogP contribution < -0.4 is 5.56 Å². The van der Waals surface area contributed by atoms with Crippen LogP contribution in [0.1, 0.15) is 11.1 Å². The molecule has 1 heterocycles. The van der Waals surface area contributed by atoms with Gasteiger partial charge in [-0.05, 0) is 24.6 Å². The monoisotopic (exact) mass is 320 g/mol. The number of aryl methyl sites for hydroxylation is 1. The lowest BCUT2D eigenvalue weighted by molar-refractivity contribution is 1.22. The van der Waals surface area contributed by atoms with Gasteiger partial charge in [-0.15, -0.1) is 0 Å². The Labute approximate surface area is 138 Å². The van der Waals surface area contributed by atoms with Crippen molar-refractivity contribution in [1.82, 2.24) is 4.98 Å². The molecule has 0 aliphatic carbocycles. The molecule has 0 unspecified atom stereocenters. The molecule has 3 aromatic rings. The largest absolute Gasteiger partial charge is 0.321 e. The number of aromatic amines is 1. The van der Waals surface area contributed by atoms with Crippen molar-refractivity contribution in [2.45, 2.75) is 6.92 Å². The van der Waals surface area contributed by atoms with Gasteiger partial charge in [0.1, 0.15) is 11.6 Å². The molecule has 0 saturated carbocycles. The van der Waals surface area contributed by atoms with Gasteiger partial charge in [-0.3, -0.25) is 4.79 Å². The average molecular weight is 321 g/mol. The van der Waals surface area contributed by atoms with E-state index >= 15 is 0 Å². The Hall–Kier alpha value is -2.83. The van der Waals surface area contributed by atoms with Gasteiger partial charge in [-0.1, -0.05) is 59.6 Å². The number of nitrogens with zero attached hydrogens (tertiary/aromatic N) is 1. The number of rotatable bonds is 2. The van der Waals surface area contributed by atoms with Crippen LogP contribution >= 0.6 is 11.6 Å². The number of nitrogens with one attached hydrogen (secondary N) is 1. The van der Waals surface area contributed by atoms with Crippen molar-refractivity contribution < 1.29 is 0 Å². The molecule has 3 nitrogen and oxygen atoms in total. The SMILES string of the molecule is Cc1ccc(-c2cc(-c3ccccc3Cl)[nH]c(=O)c2C#N)cc1. The number of nitriles is 1. The number of hydrogen-bond donors (Lipinski definition) is 1. The molecule has 112 valence electrons. The van der Waals surface area contributed by atoms with E-state index in [0.29, 0.717) is 16.3 Å². The Kier molecular flexibility index (Phi) is 4.01. The van der Waals surface area contributed by atoms with Gasteiger partial charge in [-0.2, -0.15) is 5.26 Å². The van der Waals surface area contributed by atoms with Crippen molar-refractivity contribution in [2.24, 2.45) is 0 Å². The van der Waals surface area contributed by atoms with E-state index < -0.39 is 5.56 Å². The summed E-state index contributed by atoms with van der Waals surface area (Å²) in [4.78, 5) is 15.0. The molecule has 0 aliphatic rings. The zero-order chi connectivity index (χ0) is 16.4. The molecule has 0 fully saturated rings. The van der Waals surface area contributed by atoms with Crippen LogP contribution in [-0.4, -0.2) is 4.98 Å². The molecule has 4 heteroatoms. The summed E-state index contributed by atoms with van der Waals surface area (Å²) in [7, 11) is 0. The number of pyridine rings is 1. The first-order valence-electron chi connectivity index (χ1n) is 7.09. The number of H-pyrrole nitrogens is 1. The summed E-state index contributed by atoms with van der Waals surface area (Å²) < 4.78 is 0. The molecule has 0 atom stereocenters. The van der Waals surface area contributed by atoms with Crippen molar-refractivity contribution in [1.29, 1.82) is 5.26 Å². The molecule has 0 bridgehead atoms. The summed E-state index contributed by atoms with van der Waals surface area (Å²) in [5, 5.41) is 9.88. The molecule has 1 aromatic heterocycles. The molecular formula is C19H13ClN2O. The van der Waals surface area contributed by atoms with Crippen LogP contribution in [0.15, 0.2) is 59.4 Å². The van der Waals surface area contributed by atoms with Crippen molar-refractivity contribution in [3.8, 4) is 28.5 Å². The summed E-state index contributed by atoms with van der Waals surface area (Å²) in [5.74, 6) is 0. The van der Waals surface area contributed by atoms with Gasteiger partial charge in [0.2, 0.25) is 0 Å². The minimum atomic E-state index is -0.416. The van der Waals surface area contributed by atoms with Gasteiger partial charge < -0.3 is 4.98 Å². The third-order valence-corrected chi connectivity index (χ3v) is 4.00. The standard InChI is InChI=1S/C19H13ClN2O/c1-12-6-8-13(9-7-12)15-10-18(22-19(23)16(15)11-21)14-4-2-3-5-17(14)20/h2-10H,1H3,(H,22,23). The van der Waals surface area contributed by atoms with E-state index in [4.69, 9.17) is 11.6 Å². The average Bonchev–Trinajstić information content (AvgIpc) is 2.55. The van der Waals surface area contributed by atoms with E-state index in [9.17, 15) is 10.1 Å². The summed E-state index contributed by atoms with van der Waals surface area (Å²) in [6.45, 7) is 1.99. The van der Waals surface area contributed by atoms with Crippen LogP contribution in [0.4, 0.5) is 0 Å². The quantitative estimate of drug-likeness (QED) is 0.753. The first-order valence-corrected chi connectivity index (χ1v) is 7.47. The fourth-order valence-electron chi connectivity index (χ4n) is 2.46. The molecule has 0 spiro atoms. The normalized spacial score (nSPS) is 10.3. The Balaban J connectivity index is 2.27.